The molecule has 0 bridgehead atoms. The van der Waals surface area contributed by atoms with Crippen molar-refractivity contribution < 1.29 is 13.9 Å². The summed E-state index contributed by atoms with van der Waals surface area (Å²) in [6.07, 6.45) is 7.29. The highest BCUT2D eigenvalue weighted by Crippen LogP contribution is 2.35. The van der Waals surface area contributed by atoms with Gasteiger partial charge in [0.15, 0.2) is 11.6 Å². The van der Waals surface area contributed by atoms with Crippen molar-refractivity contribution in [3.05, 3.63) is 99.5 Å². The standard InChI is InChI=1S/C26H19BrFN3O2S2/c27-19-7-8-22-20(13-19)18(16-30(22)10-11-33-23-6-2-1-5-21(23)28)12-24-25(32)31(26(34)35-24)15-17-4-3-9-29-14-17/h1-9,12-14,16H,10-11,15H2/b24-12-. The lowest BCUT2D eigenvalue weighted by Crippen LogP contribution is -2.27. The number of hydrogen-bond acceptors (Lipinski definition) is 5. The maximum absolute atomic E-state index is 13.9. The van der Waals surface area contributed by atoms with Gasteiger partial charge in [-0.05, 0) is 48.0 Å². The monoisotopic (exact) mass is 567 g/mol. The number of carbonyl (C=O) groups is 1. The maximum Gasteiger partial charge on any atom is 0.266 e. The Morgan fingerprint density at radius 3 is 2.83 bits per heavy atom. The second-order valence-electron chi connectivity index (χ2n) is 7.85. The number of aromatic nitrogens is 2. The molecule has 0 saturated carbocycles. The summed E-state index contributed by atoms with van der Waals surface area (Å²) >= 11 is 10.3. The van der Waals surface area contributed by atoms with E-state index in [1.807, 2.05) is 47.2 Å². The van der Waals surface area contributed by atoms with Crippen molar-refractivity contribution in [2.24, 2.45) is 0 Å². The molecule has 0 aliphatic carbocycles. The zero-order valence-corrected chi connectivity index (χ0v) is 21.6. The summed E-state index contributed by atoms with van der Waals surface area (Å²) in [5, 5.41) is 0.989. The number of para-hydroxylation sites is 1. The van der Waals surface area contributed by atoms with Gasteiger partial charge < -0.3 is 9.30 Å². The van der Waals surface area contributed by atoms with Crippen LogP contribution in [0.15, 0.2) is 82.6 Å². The van der Waals surface area contributed by atoms with Crippen molar-refractivity contribution in [2.75, 3.05) is 6.61 Å². The molecule has 2 aromatic heterocycles. The third-order valence-electron chi connectivity index (χ3n) is 5.52. The maximum atomic E-state index is 13.9. The Bertz CT molecular complexity index is 1460. The number of hydrogen-bond donors (Lipinski definition) is 0. The zero-order chi connectivity index (χ0) is 24.4. The van der Waals surface area contributed by atoms with Gasteiger partial charge in [0, 0.05) is 39.5 Å². The number of thioether (sulfide) groups is 1. The van der Waals surface area contributed by atoms with Crippen LogP contribution in [0.1, 0.15) is 11.1 Å². The van der Waals surface area contributed by atoms with Gasteiger partial charge in [-0.2, -0.15) is 0 Å². The minimum atomic E-state index is -0.386. The third-order valence-corrected chi connectivity index (χ3v) is 7.40. The number of ether oxygens (including phenoxy) is 1. The van der Waals surface area contributed by atoms with Crippen LogP contribution in [-0.2, 0) is 17.9 Å². The first-order chi connectivity index (χ1) is 17.0. The van der Waals surface area contributed by atoms with Crippen LogP contribution in [0.3, 0.4) is 0 Å². The number of carbonyl (C=O) groups excluding carboxylic acids is 1. The summed E-state index contributed by atoms with van der Waals surface area (Å²) in [5.41, 5.74) is 2.80. The normalized spacial score (nSPS) is 14.9. The van der Waals surface area contributed by atoms with Crippen LogP contribution >= 0.6 is 39.9 Å². The summed E-state index contributed by atoms with van der Waals surface area (Å²) in [7, 11) is 0. The summed E-state index contributed by atoms with van der Waals surface area (Å²) < 4.78 is 23.0. The molecule has 176 valence electrons. The lowest BCUT2D eigenvalue weighted by molar-refractivity contribution is -0.122. The van der Waals surface area contributed by atoms with Gasteiger partial charge >= 0.3 is 0 Å². The van der Waals surface area contributed by atoms with Crippen LogP contribution in [0.5, 0.6) is 5.75 Å². The topological polar surface area (TPSA) is 47.4 Å². The van der Waals surface area contributed by atoms with E-state index in [0.29, 0.717) is 28.9 Å². The predicted molar refractivity (Wildman–Crippen MR) is 144 cm³/mol. The highest BCUT2D eigenvalue weighted by Gasteiger charge is 2.32. The van der Waals surface area contributed by atoms with E-state index in [9.17, 15) is 9.18 Å². The number of fused-ring (bicyclic) bond motifs is 1. The largest absolute Gasteiger partial charge is 0.489 e. The van der Waals surface area contributed by atoms with Crippen LogP contribution in [0.4, 0.5) is 4.39 Å². The Hall–Kier alpha value is -3.01. The molecule has 0 spiro atoms. The molecule has 35 heavy (non-hydrogen) atoms. The number of rotatable bonds is 7. The Balaban J connectivity index is 1.40. The van der Waals surface area contributed by atoms with Crippen molar-refractivity contribution in [1.82, 2.24) is 14.5 Å². The van der Waals surface area contributed by atoms with E-state index < -0.39 is 0 Å². The average molecular weight is 568 g/mol. The third kappa shape index (κ3) is 5.17. The van der Waals surface area contributed by atoms with E-state index in [4.69, 9.17) is 17.0 Å². The molecule has 0 N–H and O–H groups in total. The highest BCUT2D eigenvalue weighted by atomic mass is 79.9. The van der Waals surface area contributed by atoms with E-state index in [-0.39, 0.29) is 17.5 Å². The van der Waals surface area contributed by atoms with Gasteiger partial charge in [0.1, 0.15) is 10.9 Å². The fourth-order valence-electron chi connectivity index (χ4n) is 3.86. The molecule has 1 aliphatic heterocycles. The Morgan fingerprint density at radius 1 is 1.17 bits per heavy atom. The molecule has 1 amide bonds. The van der Waals surface area contributed by atoms with E-state index in [0.717, 1.165) is 26.5 Å². The predicted octanol–water partition coefficient (Wildman–Crippen LogP) is 6.42. The van der Waals surface area contributed by atoms with Crippen molar-refractivity contribution in [3.63, 3.8) is 0 Å². The van der Waals surface area contributed by atoms with Crippen LogP contribution in [0.2, 0.25) is 0 Å². The highest BCUT2D eigenvalue weighted by molar-refractivity contribution is 9.10. The van der Waals surface area contributed by atoms with Crippen molar-refractivity contribution in [2.45, 2.75) is 13.1 Å². The Labute approximate surface area is 219 Å². The second-order valence-corrected chi connectivity index (χ2v) is 10.4. The molecule has 5 rings (SSSR count). The molecule has 1 fully saturated rings. The van der Waals surface area contributed by atoms with Crippen molar-refractivity contribution in [3.8, 4) is 5.75 Å². The quantitative estimate of drug-likeness (QED) is 0.190. The minimum Gasteiger partial charge on any atom is -0.489 e. The van der Waals surface area contributed by atoms with Gasteiger partial charge in [-0.1, -0.05) is 58.1 Å². The number of halogens is 2. The molecule has 0 atom stereocenters. The Morgan fingerprint density at radius 2 is 2.03 bits per heavy atom. The lowest BCUT2D eigenvalue weighted by Gasteiger charge is -2.13. The summed E-state index contributed by atoms with van der Waals surface area (Å²) in [6, 6.07) is 16.1. The van der Waals surface area contributed by atoms with Gasteiger partial charge in [0.05, 0.1) is 18.0 Å². The fourth-order valence-corrected chi connectivity index (χ4v) is 5.47. The number of benzene rings is 2. The summed E-state index contributed by atoms with van der Waals surface area (Å²) in [5.74, 6) is -0.283. The second kappa shape index (κ2) is 10.3. The Kier molecular flexibility index (Phi) is 6.99. The first-order valence-electron chi connectivity index (χ1n) is 10.8. The van der Waals surface area contributed by atoms with E-state index >= 15 is 0 Å². The summed E-state index contributed by atoms with van der Waals surface area (Å²) in [4.78, 5) is 19.4. The lowest BCUT2D eigenvalue weighted by atomic mass is 10.1. The molecule has 5 nitrogen and oxygen atoms in total. The molecule has 3 heterocycles. The molecule has 1 saturated heterocycles. The average Bonchev–Trinajstić information content (AvgIpc) is 3.32. The number of amides is 1. The zero-order valence-electron chi connectivity index (χ0n) is 18.4. The van der Waals surface area contributed by atoms with Crippen molar-refractivity contribution in [1.29, 1.82) is 0 Å². The molecule has 2 aromatic carbocycles. The smallest absolute Gasteiger partial charge is 0.266 e. The number of pyridine rings is 1. The molecule has 9 heteroatoms. The van der Waals surface area contributed by atoms with Gasteiger partial charge in [-0.3, -0.25) is 14.7 Å². The first kappa shape index (κ1) is 23.7. The van der Waals surface area contributed by atoms with Gasteiger partial charge in [-0.25, -0.2) is 4.39 Å². The van der Waals surface area contributed by atoms with E-state index in [1.165, 1.54) is 17.8 Å². The van der Waals surface area contributed by atoms with Crippen LogP contribution in [0.25, 0.3) is 17.0 Å². The number of nitrogens with zero attached hydrogens (tertiary/aromatic N) is 3. The van der Waals surface area contributed by atoms with Gasteiger partial charge in [0.25, 0.3) is 5.91 Å². The molecule has 4 aromatic rings. The van der Waals surface area contributed by atoms with Crippen LogP contribution < -0.4 is 4.74 Å². The number of thiocarbonyl (C=S) groups is 1. The summed E-state index contributed by atoms with van der Waals surface area (Å²) in [6.45, 7) is 1.20. The molecular formula is C26H19BrFN3O2S2. The molecule has 0 radical (unpaired) electrons. The van der Waals surface area contributed by atoms with Gasteiger partial charge in [0.2, 0.25) is 0 Å². The van der Waals surface area contributed by atoms with Crippen molar-refractivity contribution >= 4 is 67.1 Å². The van der Waals surface area contributed by atoms with E-state index in [2.05, 4.69) is 20.9 Å². The molecular weight excluding hydrogens is 549 g/mol. The SMILES string of the molecule is O=C1/C(=C/c2cn(CCOc3ccccc3F)c3ccc(Br)cc23)SC(=S)N1Cc1cccnc1. The minimum absolute atomic E-state index is 0.123. The van der Waals surface area contributed by atoms with Crippen LogP contribution in [0, 0.1) is 5.82 Å². The fraction of sp³-hybridized carbons (Fsp3) is 0.115. The first-order valence-corrected chi connectivity index (χ1v) is 12.8. The molecule has 1 aliphatic rings. The van der Waals surface area contributed by atoms with Gasteiger partial charge in [-0.15, -0.1) is 0 Å². The van der Waals surface area contributed by atoms with Crippen LogP contribution in [-0.4, -0.2) is 31.3 Å². The molecule has 0 unspecified atom stereocenters. The van der Waals surface area contributed by atoms with E-state index in [1.54, 1.807) is 35.5 Å².